The number of primary amides is 1. The van der Waals surface area contributed by atoms with Crippen molar-refractivity contribution in [2.24, 2.45) is 23.5 Å². The topological polar surface area (TPSA) is 138 Å². The van der Waals surface area contributed by atoms with Crippen molar-refractivity contribution < 1.29 is 29.7 Å². The number of hydrogen-bond donors (Lipinski definition) is 4. The molecule has 3 aliphatic rings. The van der Waals surface area contributed by atoms with Crippen LogP contribution >= 0.6 is 22.6 Å². The number of carbonyl (C=O) groups excluding carboxylic acids is 3. The Hall–Kier alpha value is -2.36. The number of Topliss-reactive ketones (excluding diaryl/α,β-unsaturated/α-hetero) is 2. The van der Waals surface area contributed by atoms with Crippen LogP contribution in [0.25, 0.3) is 5.76 Å². The normalized spacial score (nSPS) is 27.2. The molecule has 1 fully saturated rings. The second-order valence-corrected chi connectivity index (χ2v) is 8.34. The van der Waals surface area contributed by atoms with Gasteiger partial charge in [0.25, 0.3) is 5.91 Å². The van der Waals surface area contributed by atoms with E-state index in [2.05, 4.69) is 22.6 Å². The minimum absolute atomic E-state index is 0.0483. The van der Waals surface area contributed by atoms with E-state index >= 15 is 0 Å². The maximum absolute atomic E-state index is 13.1. The van der Waals surface area contributed by atoms with Crippen LogP contribution in [0.4, 0.5) is 0 Å². The van der Waals surface area contributed by atoms with E-state index in [0.29, 0.717) is 12.8 Å². The maximum Gasteiger partial charge on any atom is 0.255 e. The number of ketones is 2. The Morgan fingerprint density at radius 2 is 1.85 bits per heavy atom. The van der Waals surface area contributed by atoms with E-state index < -0.39 is 40.6 Å². The third kappa shape index (κ3) is 2.49. The van der Waals surface area contributed by atoms with E-state index in [0.717, 1.165) is 9.13 Å². The lowest BCUT2D eigenvalue weighted by atomic mass is 9.61. The minimum Gasteiger partial charge on any atom is -0.511 e. The zero-order chi connectivity index (χ0) is 19.6. The summed E-state index contributed by atoms with van der Waals surface area (Å²) in [7, 11) is 0. The molecule has 27 heavy (non-hydrogen) atoms. The number of rotatable bonds is 1. The molecule has 1 aromatic carbocycles. The highest BCUT2D eigenvalue weighted by Crippen LogP contribution is 2.50. The number of fused-ring (bicyclic) bond motifs is 3. The van der Waals surface area contributed by atoms with Crippen molar-refractivity contribution in [1.29, 1.82) is 0 Å². The van der Waals surface area contributed by atoms with Crippen LogP contribution in [0, 0.1) is 21.3 Å². The minimum atomic E-state index is -1.08. The molecule has 0 saturated heterocycles. The van der Waals surface area contributed by atoms with Gasteiger partial charge in [0.1, 0.15) is 22.8 Å². The highest BCUT2D eigenvalue weighted by molar-refractivity contribution is 14.1. The third-order valence-corrected chi connectivity index (χ3v) is 6.73. The van der Waals surface area contributed by atoms with Gasteiger partial charge >= 0.3 is 0 Å². The first-order valence-electron chi connectivity index (χ1n) is 8.46. The second kappa shape index (κ2) is 6.08. The number of halogens is 1. The zero-order valence-electron chi connectivity index (χ0n) is 14.0. The number of allylic oxidation sites excluding steroid dienone is 2. The van der Waals surface area contributed by atoms with E-state index in [1.165, 1.54) is 6.07 Å². The van der Waals surface area contributed by atoms with Gasteiger partial charge in [-0.05, 0) is 65.0 Å². The van der Waals surface area contributed by atoms with E-state index in [1.807, 2.05) is 0 Å². The molecule has 4 rings (SSSR count). The van der Waals surface area contributed by atoms with E-state index in [-0.39, 0.29) is 35.0 Å². The lowest BCUT2D eigenvalue weighted by Crippen LogP contribution is -2.44. The average Bonchev–Trinajstić information content (AvgIpc) is 2.57. The molecule has 0 heterocycles. The molecule has 0 bridgehead atoms. The van der Waals surface area contributed by atoms with Gasteiger partial charge in [-0.2, -0.15) is 0 Å². The summed E-state index contributed by atoms with van der Waals surface area (Å²) in [5, 5.41) is 31.4. The highest BCUT2D eigenvalue weighted by atomic mass is 127. The highest BCUT2D eigenvalue weighted by Gasteiger charge is 2.50. The van der Waals surface area contributed by atoms with Gasteiger partial charge < -0.3 is 21.1 Å². The van der Waals surface area contributed by atoms with Crippen LogP contribution in [0.3, 0.4) is 0 Å². The molecule has 1 saturated carbocycles. The fraction of sp³-hybridized carbons (Fsp3) is 0.316. The Kier molecular flexibility index (Phi) is 4.06. The van der Waals surface area contributed by atoms with E-state index in [4.69, 9.17) is 5.73 Å². The fourth-order valence-electron chi connectivity index (χ4n) is 4.60. The predicted octanol–water partition coefficient (Wildman–Crippen LogP) is 1.91. The van der Waals surface area contributed by atoms with Crippen LogP contribution < -0.4 is 5.73 Å². The number of amides is 1. The Morgan fingerprint density at radius 1 is 1.15 bits per heavy atom. The van der Waals surface area contributed by atoms with Crippen molar-refractivity contribution in [3.05, 3.63) is 43.7 Å². The lowest BCUT2D eigenvalue weighted by molar-refractivity contribution is -0.127. The number of phenols is 1. The summed E-state index contributed by atoms with van der Waals surface area (Å²) in [6, 6.07) is 3.19. The van der Waals surface area contributed by atoms with Crippen molar-refractivity contribution in [2.75, 3.05) is 0 Å². The number of nitrogens with two attached hydrogens (primary N) is 1. The average molecular weight is 481 g/mol. The first-order valence-corrected chi connectivity index (χ1v) is 9.54. The SMILES string of the molecule is NC(=O)C1=C(O)C2C(=O)C3=C(O)c4c(O)ccc(I)c4CC3CC2CC1=O. The van der Waals surface area contributed by atoms with E-state index in [1.54, 1.807) is 6.07 Å². The van der Waals surface area contributed by atoms with Gasteiger partial charge in [0, 0.05) is 15.6 Å². The van der Waals surface area contributed by atoms with Gasteiger partial charge in [0.15, 0.2) is 11.6 Å². The molecule has 140 valence electrons. The summed E-state index contributed by atoms with van der Waals surface area (Å²) >= 11 is 2.11. The Balaban J connectivity index is 1.89. The molecule has 0 spiro atoms. The fourth-order valence-corrected chi connectivity index (χ4v) is 5.27. The predicted molar refractivity (Wildman–Crippen MR) is 103 cm³/mol. The van der Waals surface area contributed by atoms with Crippen LogP contribution in [0.5, 0.6) is 5.75 Å². The molecule has 7 nitrogen and oxygen atoms in total. The van der Waals surface area contributed by atoms with Crippen molar-refractivity contribution in [2.45, 2.75) is 19.3 Å². The van der Waals surface area contributed by atoms with Crippen LogP contribution in [-0.2, 0) is 20.8 Å². The molecule has 3 aliphatic carbocycles. The van der Waals surface area contributed by atoms with Gasteiger partial charge in [0.2, 0.25) is 0 Å². The standard InChI is InChI=1S/C19H16INO6/c20-9-1-2-10(22)14-8(9)4-6-3-7-5-11(23)15(19(21)27)18(26)13(7)16(24)12(6)17(14)25/h1-2,6-7,13,22,25-26H,3-5H2,(H2,21,27). The molecular weight excluding hydrogens is 465 g/mol. The molecule has 0 aliphatic heterocycles. The number of aromatic hydroxyl groups is 1. The van der Waals surface area contributed by atoms with E-state index in [9.17, 15) is 29.7 Å². The van der Waals surface area contributed by atoms with Crippen LogP contribution in [0.2, 0.25) is 0 Å². The largest absolute Gasteiger partial charge is 0.511 e. The van der Waals surface area contributed by atoms with Crippen molar-refractivity contribution in [1.82, 2.24) is 0 Å². The van der Waals surface area contributed by atoms with Crippen molar-refractivity contribution >= 4 is 45.8 Å². The Bertz CT molecular complexity index is 992. The number of phenolic OH excluding ortho intramolecular Hbond substituents is 1. The molecular formula is C19H16INO6. The maximum atomic E-state index is 13.1. The lowest BCUT2D eigenvalue weighted by Gasteiger charge is -2.41. The Morgan fingerprint density at radius 3 is 2.52 bits per heavy atom. The third-order valence-electron chi connectivity index (χ3n) is 5.71. The second-order valence-electron chi connectivity index (χ2n) is 7.17. The van der Waals surface area contributed by atoms with Crippen molar-refractivity contribution in [3.8, 4) is 5.75 Å². The number of hydrogen-bond acceptors (Lipinski definition) is 6. The molecule has 3 atom stereocenters. The number of aliphatic hydroxyl groups excluding tert-OH is 2. The summed E-state index contributed by atoms with van der Waals surface area (Å²) < 4.78 is 0.860. The van der Waals surface area contributed by atoms with Gasteiger partial charge in [-0.3, -0.25) is 14.4 Å². The summed E-state index contributed by atoms with van der Waals surface area (Å²) in [4.78, 5) is 36.9. The van der Waals surface area contributed by atoms with Crippen molar-refractivity contribution in [3.63, 3.8) is 0 Å². The van der Waals surface area contributed by atoms with Gasteiger partial charge in [-0.15, -0.1) is 0 Å². The molecule has 3 unspecified atom stereocenters. The first-order chi connectivity index (χ1) is 12.7. The molecule has 1 aromatic rings. The summed E-state index contributed by atoms with van der Waals surface area (Å²) in [6.07, 6.45) is 0.799. The summed E-state index contributed by atoms with van der Waals surface area (Å²) in [6.45, 7) is 0. The summed E-state index contributed by atoms with van der Waals surface area (Å²) in [5.41, 5.74) is 5.77. The number of aliphatic hydroxyl groups is 2. The molecule has 8 heteroatoms. The van der Waals surface area contributed by atoms with Gasteiger partial charge in [-0.25, -0.2) is 0 Å². The first kappa shape index (κ1) is 18.0. The van der Waals surface area contributed by atoms with Crippen LogP contribution in [0.1, 0.15) is 24.0 Å². The molecule has 0 aromatic heterocycles. The Labute approximate surface area is 167 Å². The zero-order valence-corrected chi connectivity index (χ0v) is 16.2. The quantitative estimate of drug-likeness (QED) is 0.357. The number of carbonyl (C=O) groups is 3. The molecule has 0 radical (unpaired) electrons. The smallest absolute Gasteiger partial charge is 0.255 e. The molecule has 5 N–H and O–H groups in total. The molecule has 1 amide bonds. The van der Waals surface area contributed by atoms with Gasteiger partial charge in [0.05, 0.1) is 11.5 Å². The van der Waals surface area contributed by atoms with Crippen LogP contribution in [0.15, 0.2) is 29.0 Å². The monoisotopic (exact) mass is 481 g/mol. The van der Waals surface area contributed by atoms with Gasteiger partial charge in [-0.1, -0.05) is 0 Å². The van der Waals surface area contributed by atoms with Crippen LogP contribution in [-0.4, -0.2) is 32.8 Å². The number of benzene rings is 1. The summed E-state index contributed by atoms with van der Waals surface area (Å²) in [5.74, 6) is -5.04.